The van der Waals surface area contributed by atoms with Gasteiger partial charge in [-0.1, -0.05) is 113 Å². The monoisotopic (exact) mass is 764 g/mol. The lowest BCUT2D eigenvalue weighted by Crippen LogP contribution is -2.11. The third kappa shape index (κ3) is 4.58. The van der Waals surface area contributed by atoms with Gasteiger partial charge in [-0.15, -0.1) is 0 Å². The fourth-order valence-electron chi connectivity index (χ4n) is 10.7. The van der Waals surface area contributed by atoms with Crippen LogP contribution in [0.2, 0.25) is 0 Å². The number of benzene rings is 8. The molecule has 0 fully saturated rings. The van der Waals surface area contributed by atoms with Gasteiger partial charge in [0.05, 0.1) is 33.1 Å². The summed E-state index contributed by atoms with van der Waals surface area (Å²) in [5.74, 6) is 0.467. The molecule has 59 heavy (non-hydrogen) atoms. The molecule has 0 radical (unpaired) electrons. The highest BCUT2D eigenvalue weighted by Gasteiger charge is 2.27. The van der Waals surface area contributed by atoms with E-state index < -0.39 is 0 Å². The van der Waals surface area contributed by atoms with Gasteiger partial charge < -0.3 is 8.80 Å². The van der Waals surface area contributed by atoms with E-state index in [9.17, 15) is 0 Å². The largest absolute Gasteiger partial charge is 0.308 e. The maximum absolute atomic E-state index is 2.58. The molecule has 0 aliphatic rings. The third-order valence-electron chi connectivity index (χ3n) is 14.1. The van der Waals surface area contributed by atoms with Crippen molar-refractivity contribution in [3.63, 3.8) is 0 Å². The van der Waals surface area contributed by atoms with Crippen LogP contribution in [-0.2, 0) is 16.2 Å². The SMILES string of the molecule is CC(C)c1ccc2c(c1)c1cc(C(C)(C)C)cc3c4cc5c6ccccc6c6cc7c8cc(C(C)(C)C)cc9c%10cc(C(C)(C)C)ccc%10n(c7cc6c5cc4n2c13)c98. The van der Waals surface area contributed by atoms with Crippen LogP contribution in [0.1, 0.15) is 104 Å². The zero-order chi connectivity index (χ0) is 40.8. The molecule has 0 unspecified atom stereocenters. The first-order chi connectivity index (χ1) is 28.0. The van der Waals surface area contributed by atoms with Crippen LogP contribution in [0.5, 0.6) is 0 Å². The molecule has 0 N–H and O–H groups in total. The van der Waals surface area contributed by atoms with Crippen LogP contribution in [-0.4, -0.2) is 8.80 Å². The average Bonchev–Trinajstić information content (AvgIpc) is 3.90. The number of rotatable bonds is 1. The highest BCUT2D eigenvalue weighted by molar-refractivity contribution is 6.34. The van der Waals surface area contributed by atoms with Crippen molar-refractivity contribution in [1.82, 2.24) is 8.80 Å². The molecular formula is C57H52N2. The van der Waals surface area contributed by atoms with Crippen LogP contribution < -0.4 is 0 Å². The van der Waals surface area contributed by atoms with E-state index in [1.165, 1.54) is 131 Å². The Morgan fingerprint density at radius 3 is 1.12 bits per heavy atom. The van der Waals surface area contributed by atoms with Gasteiger partial charge in [0.25, 0.3) is 0 Å². The van der Waals surface area contributed by atoms with Gasteiger partial charge in [-0.05, 0) is 150 Å². The molecule has 0 amide bonds. The van der Waals surface area contributed by atoms with Crippen LogP contribution >= 0.6 is 0 Å². The van der Waals surface area contributed by atoms with Gasteiger partial charge in [0.1, 0.15) is 0 Å². The van der Waals surface area contributed by atoms with E-state index in [1.54, 1.807) is 0 Å². The highest BCUT2D eigenvalue weighted by atomic mass is 14.9. The first-order valence-corrected chi connectivity index (χ1v) is 21.7. The minimum absolute atomic E-state index is 0.0132. The van der Waals surface area contributed by atoms with Crippen LogP contribution in [0.15, 0.2) is 109 Å². The molecule has 8 aromatic carbocycles. The van der Waals surface area contributed by atoms with Crippen LogP contribution in [0.25, 0.3) is 109 Å². The molecule has 0 atom stereocenters. The summed E-state index contributed by atoms with van der Waals surface area (Å²) in [5, 5.41) is 18.7. The number of nitrogens with zero attached hydrogens (tertiary/aromatic N) is 2. The lowest BCUT2D eigenvalue weighted by atomic mass is 9.84. The topological polar surface area (TPSA) is 8.82 Å². The van der Waals surface area contributed by atoms with E-state index in [0.29, 0.717) is 5.92 Å². The van der Waals surface area contributed by atoms with Crippen molar-refractivity contribution < 1.29 is 0 Å². The molecule has 12 aromatic rings. The molecule has 290 valence electrons. The predicted octanol–water partition coefficient (Wildman–Crippen LogP) is 16.5. The van der Waals surface area contributed by atoms with Gasteiger partial charge in [0.2, 0.25) is 0 Å². The second-order valence-electron chi connectivity index (χ2n) is 21.3. The summed E-state index contributed by atoms with van der Waals surface area (Å²) in [5.41, 5.74) is 13.5. The van der Waals surface area contributed by atoms with Gasteiger partial charge in [-0.3, -0.25) is 0 Å². The lowest BCUT2D eigenvalue weighted by molar-refractivity contribution is 0.590. The number of hydrogen-bond donors (Lipinski definition) is 0. The Kier molecular flexibility index (Phi) is 6.57. The Morgan fingerprint density at radius 1 is 0.322 bits per heavy atom. The zero-order valence-electron chi connectivity index (χ0n) is 36.4. The van der Waals surface area contributed by atoms with Crippen molar-refractivity contribution in [3.8, 4) is 0 Å². The lowest BCUT2D eigenvalue weighted by Gasteiger charge is -2.20. The quantitative estimate of drug-likeness (QED) is 0.147. The van der Waals surface area contributed by atoms with Crippen molar-refractivity contribution in [1.29, 1.82) is 0 Å². The van der Waals surface area contributed by atoms with E-state index in [2.05, 4.69) is 194 Å². The summed E-state index contributed by atoms with van der Waals surface area (Å²) in [6.07, 6.45) is 0. The molecule has 12 rings (SSSR count). The minimum Gasteiger partial charge on any atom is -0.308 e. The summed E-state index contributed by atoms with van der Waals surface area (Å²) >= 11 is 0. The summed E-state index contributed by atoms with van der Waals surface area (Å²) in [4.78, 5) is 0. The Bertz CT molecular complexity index is 3790. The van der Waals surface area contributed by atoms with Gasteiger partial charge in [-0.25, -0.2) is 0 Å². The summed E-state index contributed by atoms with van der Waals surface area (Å²) in [7, 11) is 0. The van der Waals surface area contributed by atoms with E-state index in [-0.39, 0.29) is 16.2 Å². The number of fused-ring (bicyclic) bond motifs is 18. The molecular weight excluding hydrogens is 713 g/mol. The third-order valence-corrected chi connectivity index (χ3v) is 14.1. The second-order valence-corrected chi connectivity index (χ2v) is 21.3. The first kappa shape index (κ1) is 35.1. The van der Waals surface area contributed by atoms with Crippen molar-refractivity contribution >= 4 is 109 Å². The van der Waals surface area contributed by atoms with Gasteiger partial charge in [0, 0.05) is 43.1 Å². The molecule has 0 aliphatic carbocycles. The second kappa shape index (κ2) is 11.0. The van der Waals surface area contributed by atoms with E-state index in [1.807, 2.05) is 0 Å². The fourth-order valence-corrected chi connectivity index (χ4v) is 10.7. The smallest absolute Gasteiger partial charge is 0.0620 e. The first-order valence-electron chi connectivity index (χ1n) is 21.7. The summed E-state index contributed by atoms with van der Waals surface area (Å²) < 4.78 is 5.17. The van der Waals surface area contributed by atoms with E-state index >= 15 is 0 Å². The van der Waals surface area contributed by atoms with Crippen LogP contribution in [0.4, 0.5) is 0 Å². The Labute approximate surface area is 345 Å². The summed E-state index contributed by atoms with van der Waals surface area (Å²) in [6, 6.07) is 43.6. The zero-order valence-corrected chi connectivity index (χ0v) is 36.4. The molecule has 2 heteroatoms. The highest BCUT2D eigenvalue weighted by Crippen LogP contribution is 2.48. The fraction of sp³-hybridized carbons (Fsp3) is 0.263. The van der Waals surface area contributed by atoms with Gasteiger partial charge >= 0.3 is 0 Å². The van der Waals surface area contributed by atoms with Crippen molar-refractivity contribution in [3.05, 3.63) is 131 Å². The van der Waals surface area contributed by atoms with Crippen molar-refractivity contribution in [2.75, 3.05) is 0 Å². The normalized spacial score (nSPS) is 13.8. The van der Waals surface area contributed by atoms with Crippen LogP contribution in [0.3, 0.4) is 0 Å². The molecule has 2 nitrogen and oxygen atoms in total. The Hall–Kier alpha value is -5.86. The average molecular weight is 765 g/mol. The maximum atomic E-state index is 2.58. The molecule has 0 saturated heterocycles. The van der Waals surface area contributed by atoms with Crippen molar-refractivity contribution in [2.45, 2.75) is 98.3 Å². The molecule has 4 heterocycles. The maximum Gasteiger partial charge on any atom is 0.0620 e. The molecule has 4 aromatic heterocycles. The van der Waals surface area contributed by atoms with Gasteiger partial charge in [-0.2, -0.15) is 0 Å². The predicted molar refractivity (Wildman–Crippen MR) is 258 cm³/mol. The molecule has 0 aliphatic heterocycles. The van der Waals surface area contributed by atoms with Gasteiger partial charge in [0.15, 0.2) is 0 Å². The van der Waals surface area contributed by atoms with Crippen molar-refractivity contribution in [2.24, 2.45) is 0 Å². The Morgan fingerprint density at radius 2 is 0.695 bits per heavy atom. The summed E-state index contributed by atoms with van der Waals surface area (Å²) in [6.45, 7) is 25.7. The van der Waals surface area contributed by atoms with Crippen LogP contribution in [0, 0.1) is 0 Å². The Balaban J connectivity index is 1.28. The minimum atomic E-state index is 0.0132. The van der Waals surface area contributed by atoms with E-state index in [0.717, 1.165) is 0 Å². The molecule has 0 bridgehead atoms. The van der Waals surface area contributed by atoms with E-state index in [4.69, 9.17) is 0 Å². The number of aromatic nitrogens is 2. The standard InChI is InChI=1S/C57H52N2/c1-30(2)31-16-18-49-41(20-31)45-22-33(56(6,7)8)24-47-43-26-37-35-14-12-13-15-36(35)38-27-44-48-25-34(57(9,10)11)23-46-42-21-32(55(3,4)5)17-19-50(42)59(54(46)48)52(44)29-40(38)39(37)28-51(43)58(49)53(45)47/h12-30H,1-11H3. The molecule has 0 spiro atoms. The molecule has 0 saturated carbocycles. The number of hydrogen-bond acceptors (Lipinski definition) is 0.